The summed E-state index contributed by atoms with van der Waals surface area (Å²) in [6.45, 7) is 4.60. The van der Waals surface area contributed by atoms with E-state index in [1.54, 1.807) is 18.5 Å². The normalized spacial score (nSPS) is 11.0. The summed E-state index contributed by atoms with van der Waals surface area (Å²) in [5, 5.41) is 14.9. The number of nitrogens with zero attached hydrogens (tertiary/aromatic N) is 3. The Bertz CT molecular complexity index is 874. The van der Waals surface area contributed by atoms with Crippen molar-refractivity contribution < 1.29 is 5.11 Å². The van der Waals surface area contributed by atoms with Crippen LogP contribution in [-0.4, -0.2) is 14.7 Å². The highest BCUT2D eigenvalue weighted by Crippen LogP contribution is 2.41. The second kappa shape index (κ2) is 5.01. The van der Waals surface area contributed by atoms with Gasteiger partial charge in [-0.25, -0.2) is 4.98 Å². The van der Waals surface area contributed by atoms with Gasteiger partial charge < -0.3 is 9.67 Å². The molecule has 21 heavy (non-hydrogen) atoms. The van der Waals surface area contributed by atoms with Crippen LogP contribution in [0.5, 0.6) is 5.75 Å². The molecule has 1 N–H and O–H groups in total. The molecule has 3 aromatic rings. The lowest BCUT2D eigenvalue weighted by molar-refractivity contribution is 0.484. The molecule has 0 bridgehead atoms. The van der Waals surface area contributed by atoms with Crippen molar-refractivity contribution in [2.45, 2.75) is 20.4 Å². The van der Waals surface area contributed by atoms with Crippen molar-refractivity contribution in [3.8, 4) is 5.75 Å². The van der Waals surface area contributed by atoms with E-state index < -0.39 is 0 Å². The molecule has 0 radical (unpaired) electrons. The van der Waals surface area contributed by atoms with E-state index in [2.05, 4.69) is 10.2 Å². The number of phenols is 1. The summed E-state index contributed by atoms with van der Waals surface area (Å²) in [5.74, 6) is 0.132. The van der Waals surface area contributed by atoms with Crippen LogP contribution in [0.25, 0.3) is 21.8 Å². The average Bonchev–Trinajstić information content (AvgIpc) is 2.90. The Labute approximate surface area is 121 Å². The SMILES string of the molecule is CC(C)=CCn1cnc2c(N=O)c3ccccc3c(O)c21. The van der Waals surface area contributed by atoms with Crippen molar-refractivity contribution >= 4 is 27.5 Å². The van der Waals surface area contributed by atoms with Gasteiger partial charge in [-0.2, -0.15) is 0 Å². The summed E-state index contributed by atoms with van der Waals surface area (Å²) >= 11 is 0. The fourth-order valence-electron chi connectivity index (χ4n) is 2.47. The molecule has 0 unspecified atom stereocenters. The first-order chi connectivity index (χ1) is 10.1. The number of aromatic hydroxyl groups is 1. The van der Waals surface area contributed by atoms with Gasteiger partial charge in [-0.15, -0.1) is 4.91 Å². The highest BCUT2D eigenvalue weighted by molar-refractivity contribution is 6.12. The zero-order valence-electron chi connectivity index (χ0n) is 11.9. The largest absolute Gasteiger partial charge is 0.505 e. The molecule has 5 heteroatoms. The lowest BCUT2D eigenvalue weighted by Crippen LogP contribution is -1.94. The van der Waals surface area contributed by atoms with E-state index in [0.717, 1.165) is 0 Å². The van der Waals surface area contributed by atoms with Crippen LogP contribution in [0.15, 0.2) is 47.4 Å². The van der Waals surface area contributed by atoms with E-state index in [1.807, 2.05) is 36.6 Å². The maximum Gasteiger partial charge on any atom is 0.149 e. The summed E-state index contributed by atoms with van der Waals surface area (Å²) < 4.78 is 1.82. The van der Waals surface area contributed by atoms with Crippen LogP contribution < -0.4 is 0 Å². The van der Waals surface area contributed by atoms with Crippen LogP contribution in [0.1, 0.15) is 13.8 Å². The molecule has 0 amide bonds. The minimum absolute atomic E-state index is 0.132. The third-order valence-electron chi connectivity index (χ3n) is 3.51. The third kappa shape index (κ3) is 2.07. The fraction of sp³-hybridized carbons (Fsp3) is 0.188. The van der Waals surface area contributed by atoms with Gasteiger partial charge in [-0.05, 0) is 19.0 Å². The molecule has 0 aliphatic rings. The average molecular weight is 281 g/mol. The Hall–Kier alpha value is -2.69. The van der Waals surface area contributed by atoms with Crippen LogP contribution in [0.2, 0.25) is 0 Å². The Morgan fingerprint density at radius 2 is 2.05 bits per heavy atom. The van der Waals surface area contributed by atoms with E-state index in [9.17, 15) is 10.0 Å². The lowest BCUT2D eigenvalue weighted by atomic mass is 10.1. The second-order valence-corrected chi connectivity index (χ2v) is 5.21. The first kappa shape index (κ1) is 13.3. The predicted octanol–water partition coefficient (Wildman–Crippen LogP) is 4.26. The van der Waals surface area contributed by atoms with E-state index in [-0.39, 0.29) is 11.4 Å². The zero-order chi connectivity index (χ0) is 15.0. The van der Waals surface area contributed by atoms with E-state index >= 15 is 0 Å². The topological polar surface area (TPSA) is 67.5 Å². The maximum absolute atomic E-state index is 11.2. The van der Waals surface area contributed by atoms with Gasteiger partial charge >= 0.3 is 0 Å². The number of phenolic OH excluding ortho intramolecular Hbond substituents is 1. The van der Waals surface area contributed by atoms with Crippen LogP contribution in [0, 0.1) is 4.91 Å². The molecule has 1 heterocycles. The number of fused-ring (bicyclic) bond motifs is 2. The minimum Gasteiger partial charge on any atom is -0.505 e. The molecule has 0 saturated carbocycles. The molecular formula is C16H15N3O2. The monoisotopic (exact) mass is 281 g/mol. The molecule has 0 aliphatic carbocycles. The van der Waals surface area contributed by atoms with Gasteiger partial charge in [-0.3, -0.25) is 0 Å². The summed E-state index contributed by atoms with van der Waals surface area (Å²) in [7, 11) is 0. The number of hydrogen-bond acceptors (Lipinski definition) is 4. The van der Waals surface area contributed by atoms with Crippen molar-refractivity contribution in [2.24, 2.45) is 5.18 Å². The molecule has 0 atom stereocenters. The standard InChI is InChI=1S/C16H15N3O2/c1-10(2)7-8-19-9-17-14-13(18-21)11-5-3-4-6-12(11)16(20)15(14)19/h3-7,9,20H,8H2,1-2H3. The van der Waals surface area contributed by atoms with Gasteiger partial charge in [0, 0.05) is 17.3 Å². The number of imidazole rings is 1. The molecule has 0 spiro atoms. The van der Waals surface area contributed by atoms with E-state index in [1.165, 1.54) is 5.57 Å². The summed E-state index contributed by atoms with van der Waals surface area (Å²) in [5.41, 5.74) is 2.42. The van der Waals surface area contributed by atoms with Gasteiger partial charge in [0.2, 0.25) is 0 Å². The van der Waals surface area contributed by atoms with Gasteiger partial charge in [0.05, 0.1) is 6.33 Å². The first-order valence-electron chi connectivity index (χ1n) is 6.68. The van der Waals surface area contributed by atoms with Crippen LogP contribution in [0.4, 0.5) is 5.69 Å². The second-order valence-electron chi connectivity index (χ2n) is 5.21. The Balaban J connectivity index is 2.39. The number of aromatic nitrogens is 2. The lowest BCUT2D eigenvalue weighted by Gasteiger charge is -2.08. The highest BCUT2D eigenvalue weighted by atomic mass is 16.3. The molecule has 3 rings (SSSR count). The van der Waals surface area contributed by atoms with Crippen molar-refractivity contribution in [3.63, 3.8) is 0 Å². The van der Waals surface area contributed by atoms with Crippen molar-refractivity contribution in [3.05, 3.63) is 47.1 Å². The molecule has 2 aromatic carbocycles. The predicted molar refractivity (Wildman–Crippen MR) is 83.8 cm³/mol. The molecule has 5 nitrogen and oxygen atoms in total. The smallest absolute Gasteiger partial charge is 0.149 e. The van der Waals surface area contributed by atoms with Crippen molar-refractivity contribution in [1.29, 1.82) is 0 Å². The Morgan fingerprint density at radius 3 is 2.71 bits per heavy atom. The van der Waals surface area contributed by atoms with E-state index in [4.69, 9.17) is 0 Å². The zero-order valence-corrected chi connectivity index (χ0v) is 11.9. The quantitative estimate of drug-likeness (QED) is 0.576. The van der Waals surface area contributed by atoms with Crippen molar-refractivity contribution in [1.82, 2.24) is 9.55 Å². The number of benzene rings is 2. The number of nitroso groups, excluding NO2 is 1. The fourth-order valence-corrected chi connectivity index (χ4v) is 2.47. The minimum atomic E-state index is 0.132. The highest BCUT2D eigenvalue weighted by Gasteiger charge is 2.18. The first-order valence-corrected chi connectivity index (χ1v) is 6.68. The van der Waals surface area contributed by atoms with Crippen LogP contribution >= 0.6 is 0 Å². The number of rotatable bonds is 3. The summed E-state index contributed by atoms with van der Waals surface area (Å²) in [4.78, 5) is 15.5. The van der Waals surface area contributed by atoms with Gasteiger partial charge in [-0.1, -0.05) is 35.9 Å². The Morgan fingerprint density at radius 1 is 1.33 bits per heavy atom. The van der Waals surface area contributed by atoms with Crippen LogP contribution in [-0.2, 0) is 6.54 Å². The maximum atomic E-state index is 11.2. The molecule has 0 aliphatic heterocycles. The van der Waals surface area contributed by atoms with E-state index in [0.29, 0.717) is 28.4 Å². The number of hydrogen-bond donors (Lipinski definition) is 1. The van der Waals surface area contributed by atoms with Crippen molar-refractivity contribution in [2.75, 3.05) is 0 Å². The molecular weight excluding hydrogens is 266 g/mol. The molecule has 106 valence electrons. The van der Waals surface area contributed by atoms with Gasteiger partial charge in [0.1, 0.15) is 22.5 Å². The van der Waals surface area contributed by atoms with Gasteiger partial charge in [0.25, 0.3) is 0 Å². The molecule has 0 fully saturated rings. The summed E-state index contributed by atoms with van der Waals surface area (Å²) in [6.07, 6.45) is 3.65. The Kier molecular flexibility index (Phi) is 3.17. The van der Waals surface area contributed by atoms with Gasteiger partial charge in [0.15, 0.2) is 0 Å². The molecule has 1 aromatic heterocycles. The summed E-state index contributed by atoms with van der Waals surface area (Å²) in [6, 6.07) is 7.17. The molecule has 0 saturated heterocycles. The van der Waals surface area contributed by atoms with Crippen LogP contribution in [0.3, 0.4) is 0 Å². The third-order valence-corrected chi connectivity index (χ3v) is 3.51. The number of allylic oxidation sites excluding steroid dienone is 2.